The van der Waals surface area contributed by atoms with Crippen molar-refractivity contribution in [3.05, 3.63) is 48.0 Å². The van der Waals surface area contributed by atoms with Crippen LogP contribution in [0.5, 0.6) is 5.75 Å². The summed E-state index contributed by atoms with van der Waals surface area (Å²) in [5.74, 6) is 0.301. The van der Waals surface area contributed by atoms with Crippen LogP contribution >= 0.6 is 0 Å². The first kappa shape index (κ1) is 43.0. The normalized spacial score (nSPS) is 12.5. The fourth-order valence-corrected chi connectivity index (χ4v) is 8.44. The number of nitrogens with zero attached hydrogens (tertiary/aromatic N) is 1. The van der Waals surface area contributed by atoms with E-state index in [1.807, 2.05) is 13.0 Å². The van der Waals surface area contributed by atoms with Gasteiger partial charge in [-0.3, -0.25) is 9.56 Å². The predicted molar refractivity (Wildman–Crippen MR) is 203 cm³/mol. The molecule has 1 N–H and O–H groups in total. The highest BCUT2D eigenvalue weighted by molar-refractivity contribution is 7.92. The van der Waals surface area contributed by atoms with E-state index in [1.165, 1.54) is 50.7 Å². The lowest BCUT2D eigenvalue weighted by molar-refractivity contribution is -0.0855. The lowest BCUT2D eigenvalue weighted by Crippen LogP contribution is -2.32. The number of ether oxygens (including phenoxy) is 1. The maximum atomic E-state index is 14.1. The first-order valence-electron chi connectivity index (χ1n) is 19.0. The third kappa shape index (κ3) is 14.9. The van der Waals surface area contributed by atoms with Crippen LogP contribution in [0.15, 0.2) is 52.3 Å². The zero-order valence-corrected chi connectivity index (χ0v) is 33.0. The Kier molecular flexibility index (Phi) is 19.9. The Morgan fingerprint density at radius 1 is 0.673 bits per heavy atom. The maximum absolute atomic E-state index is 14.1. The van der Waals surface area contributed by atoms with Crippen LogP contribution in [0.1, 0.15) is 156 Å². The molecule has 2 rings (SSSR count). The minimum absolute atomic E-state index is 0.0329. The second-order valence-corrected chi connectivity index (χ2v) is 17.4. The first-order valence-corrected chi connectivity index (χ1v) is 21.9. The Labute approximate surface area is 299 Å². The Morgan fingerprint density at radius 3 is 1.90 bits per heavy atom. The van der Waals surface area contributed by atoms with E-state index in [1.54, 1.807) is 24.3 Å². The fraction of sp³-hybridized carbons (Fsp3) is 0.692. The summed E-state index contributed by atoms with van der Waals surface area (Å²) < 4.78 is 65.3. The zero-order valence-electron chi connectivity index (χ0n) is 31.4. The van der Waals surface area contributed by atoms with Crippen molar-refractivity contribution in [1.29, 1.82) is 0 Å². The molecule has 0 spiro atoms. The molecule has 0 aliphatic heterocycles. The average molecular weight is 723 g/mol. The maximum Gasteiger partial charge on any atom is 0.265 e. The summed E-state index contributed by atoms with van der Waals surface area (Å²) in [5, 5.41) is 0. The van der Waals surface area contributed by atoms with Crippen molar-refractivity contribution in [3.8, 4) is 5.75 Å². The average Bonchev–Trinajstić information content (AvgIpc) is 3.07. The molecule has 0 radical (unpaired) electrons. The van der Waals surface area contributed by atoms with Gasteiger partial charge in [0, 0.05) is 6.54 Å². The van der Waals surface area contributed by atoms with Gasteiger partial charge < -0.3 is 4.74 Å². The highest BCUT2D eigenvalue weighted by Gasteiger charge is 2.28. The lowest BCUT2D eigenvalue weighted by Gasteiger charge is -2.26. The molecule has 2 aromatic rings. The summed E-state index contributed by atoms with van der Waals surface area (Å²) in [4.78, 5) is 5.80. The van der Waals surface area contributed by atoms with E-state index < -0.39 is 20.0 Å². The number of hydrogen-bond acceptors (Lipinski definition) is 6. The van der Waals surface area contributed by atoms with E-state index in [2.05, 4.69) is 39.3 Å². The van der Waals surface area contributed by atoms with Gasteiger partial charge in [0.2, 0.25) is 0 Å². The van der Waals surface area contributed by atoms with Gasteiger partial charge in [0.15, 0.2) is 0 Å². The molecule has 0 fully saturated rings. The van der Waals surface area contributed by atoms with Gasteiger partial charge in [-0.2, -0.15) is 0 Å². The first-order chi connectivity index (χ1) is 23.4. The highest BCUT2D eigenvalue weighted by Crippen LogP contribution is 2.35. The Hall–Kier alpha value is -2.14. The summed E-state index contributed by atoms with van der Waals surface area (Å²) in [7, 11) is -8.17. The van der Waals surface area contributed by atoms with Crippen LogP contribution < -0.4 is 9.46 Å². The van der Waals surface area contributed by atoms with Crippen molar-refractivity contribution >= 4 is 25.7 Å². The minimum atomic E-state index is -4.14. The number of anilines is 1. The Bertz CT molecular complexity index is 1430. The summed E-state index contributed by atoms with van der Waals surface area (Å²) >= 11 is 0. The van der Waals surface area contributed by atoms with E-state index in [-0.39, 0.29) is 27.4 Å². The number of nitrogens with one attached hydrogen (secondary N) is 1. The molecule has 0 unspecified atom stereocenters. The van der Waals surface area contributed by atoms with E-state index in [0.29, 0.717) is 25.4 Å². The molecule has 0 saturated heterocycles. The molecule has 0 aliphatic rings. The number of hydrogen-bond donors (Lipinski definition) is 1. The third-order valence-electron chi connectivity index (χ3n) is 8.97. The van der Waals surface area contributed by atoms with Crippen molar-refractivity contribution < 1.29 is 26.4 Å². The summed E-state index contributed by atoms with van der Waals surface area (Å²) in [5.41, 5.74) is 0.844. The summed E-state index contributed by atoms with van der Waals surface area (Å²) in [6.45, 7) is 13.7. The molecule has 0 bridgehead atoms. The summed E-state index contributed by atoms with van der Waals surface area (Å²) in [6.07, 6.45) is 17.8. The standard InChI is InChI=1S/C39H66N2O6S2/c1-7-11-14-16-18-21-30-46-37-27-26-34(39(5,6)28-20-13-9-3)32-38(37)48(42,43)40-35-24-23-25-36(33-35)49(44,45)41(29-10-4)47-31-22-19-17-15-12-8-2/h23-27,32-33,40H,7-22,28-31H2,1-6H3. The fourth-order valence-electron chi connectivity index (χ4n) is 5.82. The van der Waals surface area contributed by atoms with Gasteiger partial charge in [0.25, 0.3) is 20.0 Å². The second-order valence-electron chi connectivity index (χ2n) is 13.9. The summed E-state index contributed by atoms with van der Waals surface area (Å²) in [6, 6.07) is 11.4. The van der Waals surface area contributed by atoms with Crippen molar-refractivity contribution in [2.75, 3.05) is 24.5 Å². The topological polar surface area (TPSA) is 102 Å². The molecule has 0 atom stereocenters. The van der Waals surface area contributed by atoms with Gasteiger partial charge in [0.1, 0.15) is 10.6 Å². The Balaban J connectivity index is 2.31. The van der Waals surface area contributed by atoms with E-state index in [0.717, 1.165) is 74.2 Å². The number of sulfonamides is 2. The molecule has 0 heterocycles. The van der Waals surface area contributed by atoms with Crippen LogP contribution in [0.2, 0.25) is 0 Å². The van der Waals surface area contributed by atoms with E-state index in [9.17, 15) is 16.8 Å². The van der Waals surface area contributed by atoms with Crippen molar-refractivity contribution in [2.45, 2.75) is 166 Å². The molecular formula is C39H66N2O6S2. The van der Waals surface area contributed by atoms with Crippen LogP contribution in [0.3, 0.4) is 0 Å². The largest absolute Gasteiger partial charge is 0.492 e. The van der Waals surface area contributed by atoms with Crippen LogP contribution in [0.25, 0.3) is 0 Å². The van der Waals surface area contributed by atoms with Crippen LogP contribution in [-0.4, -0.2) is 41.1 Å². The molecule has 0 saturated carbocycles. The van der Waals surface area contributed by atoms with Crippen molar-refractivity contribution in [1.82, 2.24) is 4.47 Å². The van der Waals surface area contributed by atoms with Gasteiger partial charge in [-0.05, 0) is 67.0 Å². The molecule has 2 aromatic carbocycles. The molecule has 0 aliphatic carbocycles. The van der Waals surface area contributed by atoms with Gasteiger partial charge in [-0.1, -0.05) is 142 Å². The van der Waals surface area contributed by atoms with E-state index >= 15 is 0 Å². The SMILES string of the molecule is CCCCCCCCOc1ccc(C(C)(C)CCCCC)cc1S(=O)(=O)Nc1cccc(S(=O)(=O)N(CCC)OCCCCCCCC)c1. The molecule has 280 valence electrons. The lowest BCUT2D eigenvalue weighted by atomic mass is 9.80. The van der Waals surface area contributed by atoms with Gasteiger partial charge >= 0.3 is 0 Å². The predicted octanol–water partition coefficient (Wildman–Crippen LogP) is 10.8. The van der Waals surface area contributed by atoms with Crippen LogP contribution in [0.4, 0.5) is 5.69 Å². The zero-order chi connectivity index (χ0) is 36.2. The number of benzene rings is 2. The number of hydroxylamine groups is 1. The van der Waals surface area contributed by atoms with Crippen LogP contribution in [0, 0.1) is 0 Å². The molecule has 8 nitrogen and oxygen atoms in total. The molecular weight excluding hydrogens is 657 g/mol. The minimum Gasteiger partial charge on any atom is -0.492 e. The smallest absolute Gasteiger partial charge is 0.265 e. The third-order valence-corrected chi connectivity index (χ3v) is 12.0. The van der Waals surface area contributed by atoms with Crippen molar-refractivity contribution in [3.63, 3.8) is 0 Å². The quantitative estimate of drug-likeness (QED) is 0.0693. The van der Waals surface area contributed by atoms with E-state index in [4.69, 9.17) is 9.57 Å². The van der Waals surface area contributed by atoms with Gasteiger partial charge in [0.05, 0.1) is 23.8 Å². The highest BCUT2D eigenvalue weighted by atomic mass is 32.2. The molecule has 0 amide bonds. The van der Waals surface area contributed by atoms with Crippen molar-refractivity contribution in [2.24, 2.45) is 0 Å². The Morgan fingerprint density at radius 2 is 1.27 bits per heavy atom. The van der Waals surface area contributed by atoms with Gasteiger partial charge in [-0.25, -0.2) is 16.8 Å². The monoisotopic (exact) mass is 722 g/mol. The molecule has 49 heavy (non-hydrogen) atoms. The van der Waals surface area contributed by atoms with Gasteiger partial charge in [-0.15, -0.1) is 0 Å². The number of unbranched alkanes of at least 4 members (excludes halogenated alkanes) is 12. The van der Waals surface area contributed by atoms with Crippen LogP contribution in [-0.2, 0) is 30.3 Å². The molecule has 10 heteroatoms. The number of rotatable bonds is 28. The second kappa shape index (κ2) is 22.6. The molecule has 0 aromatic heterocycles.